The lowest BCUT2D eigenvalue weighted by molar-refractivity contribution is -0.139. The van der Waals surface area contributed by atoms with E-state index in [1.165, 1.54) is 24.2 Å². The molecule has 0 aliphatic carbocycles. The van der Waals surface area contributed by atoms with Gasteiger partial charge in [0.1, 0.15) is 12.2 Å². The summed E-state index contributed by atoms with van der Waals surface area (Å²) in [6.07, 6.45) is 8.48. The number of amides is 2. The number of nitrogens with one attached hydrogen (secondary N) is 3. The van der Waals surface area contributed by atoms with Crippen LogP contribution in [0.1, 0.15) is 48.7 Å². The van der Waals surface area contributed by atoms with Gasteiger partial charge in [-0.15, -0.1) is 5.10 Å². The second-order valence-electron chi connectivity index (χ2n) is 9.46. The Hall–Kier alpha value is -4.84. The van der Waals surface area contributed by atoms with E-state index in [4.69, 9.17) is 16.3 Å². The van der Waals surface area contributed by atoms with Crippen molar-refractivity contribution in [3.8, 4) is 16.9 Å². The first-order chi connectivity index (χ1) is 19.9. The molecule has 2 aromatic carbocycles. The number of fused-ring (bicyclic) bond motifs is 4. The van der Waals surface area contributed by atoms with Crippen molar-refractivity contribution in [3.63, 3.8) is 0 Å². The Balaban J connectivity index is 1.38. The number of hydrogen-bond donors (Lipinski definition) is 3. The molecule has 0 fully saturated rings. The highest BCUT2D eigenvalue weighted by atomic mass is 35.5. The summed E-state index contributed by atoms with van der Waals surface area (Å²) in [5, 5.41) is 17.7. The number of tetrazole rings is 1. The van der Waals surface area contributed by atoms with Crippen LogP contribution in [0.4, 0.5) is 5.69 Å². The standard InChI is InChI=1S/C28H27ClN8O4/c1-41-27(40)13-17-6-9-20-22(12-17)33-25(38)5-3-2-4-21(28-30-15-23(20)34-28)32-26(39)11-7-18-14-19(29)8-10-24(18)37-16-31-35-36-37/h6-12,14-16,21H,2-5,13H2,1H3,(H,30,34)(H,32,39)(H,33,38)/b11-7+/t21-/m0/s1. The number of halogens is 1. The predicted molar refractivity (Wildman–Crippen MR) is 151 cm³/mol. The lowest BCUT2D eigenvalue weighted by atomic mass is 10.0. The van der Waals surface area contributed by atoms with E-state index in [0.29, 0.717) is 70.3 Å². The number of carbonyl (C=O) groups is 3. The fourth-order valence-electron chi connectivity index (χ4n) is 4.58. The Labute approximate surface area is 240 Å². The first-order valence-electron chi connectivity index (χ1n) is 13.0. The number of carbonyl (C=O) groups excluding carboxylic acids is 3. The fourth-order valence-corrected chi connectivity index (χ4v) is 4.76. The summed E-state index contributed by atoms with van der Waals surface area (Å²) in [7, 11) is 1.33. The van der Waals surface area contributed by atoms with Crippen LogP contribution in [-0.2, 0) is 25.5 Å². The number of ether oxygens (including phenoxy) is 1. The molecule has 4 aromatic rings. The van der Waals surface area contributed by atoms with Crippen molar-refractivity contribution in [3.05, 3.63) is 77.0 Å². The van der Waals surface area contributed by atoms with Crippen molar-refractivity contribution in [1.82, 2.24) is 35.5 Å². The molecular weight excluding hydrogens is 548 g/mol. The van der Waals surface area contributed by atoms with Crippen molar-refractivity contribution in [1.29, 1.82) is 0 Å². The molecule has 2 bridgehead atoms. The van der Waals surface area contributed by atoms with E-state index in [1.54, 1.807) is 42.6 Å². The molecular formula is C28H27ClN8O4. The highest BCUT2D eigenvalue weighted by Gasteiger charge is 2.20. The summed E-state index contributed by atoms with van der Waals surface area (Å²) in [5.41, 5.74) is 3.98. The third-order valence-electron chi connectivity index (χ3n) is 6.61. The maximum Gasteiger partial charge on any atom is 0.309 e. The number of H-pyrrole nitrogens is 1. The van der Waals surface area contributed by atoms with Gasteiger partial charge in [-0.05, 0) is 59.2 Å². The van der Waals surface area contributed by atoms with Gasteiger partial charge in [0.25, 0.3) is 0 Å². The lowest BCUT2D eigenvalue weighted by Gasteiger charge is -2.17. The zero-order chi connectivity index (χ0) is 28.8. The highest BCUT2D eigenvalue weighted by Crippen LogP contribution is 2.31. The summed E-state index contributed by atoms with van der Waals surface area (Å²) < 4.78 is 6.25. The molecule has 1 aliphatic rings. The molecule has 5 rings (SSSR count). The quantitative estimate of drug-likeness (QED) is 0.232. The number of aromatic nitrogens is 6. The van der Waals surface area contributed by atoms with Gasteiger partial charge >= 0.3 is 5.97 Å². The molecule has 0 radical (unpaired) electrons. The highest BCUT2D eigenvalue weighted by molar-refractivity contribution is 6.30. The Morgan fingerprint density at radius 3 is 2.90 bits per heavy atom. The number of methoxy groups -OCH3 is 1. The molecule has 2 amide bonds. The molecule has 3 N–H and O–H groups in total. The van der Waals surface area contributed by atoms with Gasteiger partial charge in [0.2, 0.25) is 11.8 Å². The molecule has 1 atom stereocenters. The number of benzene rings is 2. The van der Waals surface area contributed by atoms with E-state index >= 15 is 0 Å². The van der Waals surface area contributed by atoms with Crippen LogP contribution in [-0.4, -0.2) is 55.1 Å². The predicted octanol–water partition coefficient (Wildman–Crippen LogP) is 3.80. The van der Waals surface area contributed by atoms with Crippen molar-refractivity contribution < 1.29 is 19.1 Å². The van der Waals surface area contributed by atoms with Gasteiger partial charge in [-0.1, -0.05) is 30.2 Å². The number of esters is 1. The minimum absolute atomic E-state index is 0.0852. The molecule has 1 aliphatic heterocycles. The van der Waals surface area contributed by atoms with Crippen LogP contribution in [0.25, 0.3) is 23.0 Å². The molecule has 0 spiro atoms. The molecule has 210 valence electrons. The third-order valence-corrected chi connectivity index (χ3v) is 6.85. The Morgan fingerprint density at radius 1 is 1.22 bits per heavy atom. The van der Waals surface area contributed by atoms with Gasteiger partial charge in [0.05, 0.1) is 42.8 Å². The molecule has 0 saturated carbocycles. The van der Waals surface area contributed by atoms with E-state index in [0.717, 1.165) is 0 Å². The van der Waals surface area contributed by atoms with Gasteiger partial charge in [0, 0.05) is 28.6 Å². The van der Waals surface area contributed by atoms with Crippen molar-refractivity contribution in [2.24, 2.45) is 0 Å². The molecule has 12 nitrogen and oxygen atoms in total. The van der Waals surface area contributed by atoms with Crippen LogP contribution in [0.15, 0.2) is 55.0 Å². The van der Waals surface area contributed by atoms with E-state index in [2.05, 4.69) is 36.1 Å². The summed E-state index contributed by atoms with van der Waals surface area (Å²) in [6.45, 7) is 0. The van der Waals surface area contributed by atoms with Crippen LogP contribution in [0.3, 0.4) is 0 Å². The number of hydrogen-bond acceptors (Lipinski definition) is 8. The van der Waals surface area contributed by atoms with E-state index < -0.39 is 6.04 Å². The Bertz CT molecular complexity index is 1600. The summed E-state index contributed by atoms with van der Waals surface area (Å²) in [5.74, 6) is -0.239. The third kappa shape index (κ3) is 6.84. The second kappa shape index (κ2) is 12.6. The smallest absolute Gasteiger partial charge is 0.309 e. The number of aromatic amines is 1. The molecule has 13 heteroatoms. The lowest BCUT2D eigenvalue weighted by Crippen LogP contribution is -2.28. The largest absolute Gasteiger partial charge is 0.469 e. The van der Waals surface area contributed by atoms with Gasteiger partial charge in [-0.3, -0.25) is 14.4 Å². The SMILES string of the molecule is COC(=O)Cc1ccc2c(c1)NC(=O)CCCC[C@H](NC(=O)/C=C/c1cc(Cl)ccc1-n1cnnn1)c1ncc-2[nH]1. The number of rotatable bonds is 6. The molecule has 41 heavy (non-hydrogen) atoms. The maximum absolute atomic E-state index is 13.0. The molecule has 0 saturated heterocycles. The van der Waals surface area contributed by atoms with E-state index in [9.17, 15) is 14.4 Å². The normalized spacial score (nSPS) is 15.4. The van der Waals surface area contributed by atoms with Gasteiger partial charge < -0.3 is 20.4 Å². The molecule has 2 aromatic heterocycles. The van der Waals surface area contributed by atoms with Crippen LogP contribution in [0, 0.1) is 0 Å². The number of anilines is 1. The number of imidazole rings is 1. The Morgan fingerprint density at radius 2 is 2.10 bits per heavy atom. The summed E-state index contributed by atoms with van der Waals surface area (Å²) >= 11 is 6.19. The van der Waals surface area contributed by atoms with E-state index in [-0.39, 0.29) is 24.2 Å². The van der Waals surface area contributed by atoms with Crippen LogP contribution in [0.2, 0.25) is 5.02 Å². The average molecular weight is 575 g/mol. The van der Waals surface area contributed by atoms with E-state index in [1.807, 2.05) is 6.07 Å². The second-order valence-corrected chi connectivity index (χ2v) is 9.90. The first kappa shape index (κ1) is 27.7. The van der Waals surface area contributed by atoms with Crippen molar-refractivity contribution in [2.45, 2.75) is 38.1 Å². The zero-order valence-corrected chi connectivity index (χ0v) is 22.9. The minimum atomic E-state index is -0.413. The van der Waals surface area contributed by atoms with Crippen molar-refractivity contribution >= 4 is 41.1 Å². The monoisotopic (exact) mass is 574 g/mol. The van der Waals surface area contributed by atoms with Gasteiger partial charge in [0.15, 0.2) is 0 Å². The van der Waals surface area contributed by atoms with Gasteiger partial charge in [-0.25, -0.2) is 4.98 Å². The fraction of sp³-hybridized carbons (Fsp3) is 0.250. The minimum Gasteiger partial charge on any atom is -0.469 e. The summed E-state index contributed by atoms with van der Waals surface area (Å²) in [4.78, 5) is 45.4. The van der Waals surface area contributed by atoms with Crippen LogP contribution < -0.4 is 10.6 Å². The number of nitrogens with zero attached hydrogens (tertiary/aromatic N) is 5. The molecule has 3 heterocycles. The molecule has 0 unspecified atom stereocenters. The van der Waals surface area contributed by atoms with Crippen LogP contribution in [0.5, 0.6) is 0 Å². The average Bonchev–Trinajstić information content (AvgIpc) is 3.66. The zero-order valence-electron chi connectivity index (χ0n) is 22.1. The van der Waals surface area contributed by atoms with Crippen LogP contribution >= 0.6 is 11.6 Å². The first-order valence-corrected chi connectivity index (χ1v) is 13.3. The topological polar surface area (TPSA) is 157 Å². The Kier molecular flexibility index (Phi) is 8.49. The van der Waals surface area contributed by atoms with Crippen molar-refractivity contribution in [2.75, 3.05) is 12.4 Å². The van der Waals surface area contributed by atoms with Gasteiger partial charge in [-0.2, -0.15) is 4.68 Å². The summed E-state index contributed by atoms with van der Waals surface area (Å²) in [6, 6.07) is 10.2. The maximum atomic E-state index is 13.0.